The van der Waals surface area contributed by atoms with E-state index in [-0.39, 0.29) is 41.0 Å². The topological polar surface area (TPSA) is 44.8 Å². The van der Waals surface area contributed by atoms with Crippen LogP contribution in [0.5, 0.6) is 0 Å². The number of carbonyl (C=O) groups excluding carboxylic acids is 1. The van der Waals surface area contributed by atoms with Gasteiger partial charge in [0.2, 0.25) is 0 Å². The molecule has 0 radical (unpaired) electrons. The monoisotopic (exact) mass is 448 g/mol. The lowest BCUT2D eigenvalue weighted by Crippen LogP contribution is -2.46. The van der Waals surface area contributed by atoms with Crippen LogP contribution in [0.1, 0.15) is 33.6 Å². The van der Waals surface area contributed by atoms with Gasteiger partial charge in [-0.25, -0.2) is 4.79 Å². The second-order valence-corrected chi connectivity index (χ2v) is 21.0. The van der Waals surface area contributed by atoms with Gasteiger partial charge in [0.15, 0.2) is 16.6 Å². The summed E-state index contributed by atoms with van der Waals surface area (Å²) in [6.45, 7) is 27.1. The summed E-state index contributed by atoms with van der Waals surface area (Å²) in [6.07, 6.45) is 3.80. The molecule has 4 nitrogen and oxygen atoms in total. The summed E-state index contributed by atoms with van der Waals surface area (Å²) in [4.78, 5) is 12.4. The highest BCUT2D eigenvalue weighted by atomic mass is 28.4. The molecule has 0 spiro atoms. The first kappa shape index (κ1) is 23.7. The molecule has 6 heteroatoms. The van der Waals surface area contributed by atoms with Gasteiger partial charge >= 0.3 is 5.97 Å². The summed E-state index contributed by atoms with van der Waals surface area (Å²) in [7, 11) is -3.70. The molecule has 3 aliphatic rings. The second kappa shape index (κ2) is 7.87. The first-order chi connectivity index (χ1) is 13.6. The number of carbonyl (C=O) groups is 1. The Morgan fingerprint density at radius 2 is 1.80 bits per heavy atom. The molecule has 0 bridgehead atoms. The standard InChI is InChI=1S/C24H40O4Si2/c1-15-11-12-17-16(2)23(25)27-22(17)21-18(15)13-20(28-29(6,7)8)19(21)14-26-30(9,10)24(3,4)5/h13,17,19-22H,1-2,11-12,14H2,3-10H3/t17-,19+,20+,21+,22-/m0/s1. The van der Waals surface area contributed by atoms with E-state index in [4.69, 9.17) is 13.6 Å². The van der Waals surface area contributed by atoms with Crippen LogP contribution in [-0.2, 0) is 18.4 Å². The van der Waals surface area contributed by atoms with Gasteiger partial charge in [-0.05, 0) is 56.2 Å². The molecule has 1 aliphatic heterocycles. The predicted octanol–water partition coefficient (Wildman–Crippen LogP) is 5.85. The zero-order chi connectivity index (χ0) is 22.6. The van der Waals surface area contributed by atoms with Crippen LogP contribution in [0.25, 0.3) is 0 Å². The third-order valence-corrected chi connectivity index (χ3v) is 12.9. The molecular formula is C24H40O4Si2. The Labute approximate surface area is 185 Å². The lowest BCUT2D eigenvalue weighted by Gasteiger charge is -2.40. The Kier molecular flexibility index (Phi) is 6.22. The van der Waals surface area contributed by atoms with Gasteiger partial charge in [-0.3, -0.25) is 0 Å². The van der Waals surface area contributed by atoms with Gasteiger partial charge in [0.1, 0.15) is 6.10 Å². The first-order valence-corrected chi connectivity index (χ1v) is 17.6. The van der Waals surface area contributed by atoms with Gasteiger partial charge in [-0.1, -0.05) is 45.6 Å². The molecule has 0 aromatic heterocycles. The largest absolute Gasteiger partial charge is 0.458 e. The fraction of sp³-hybridized carbons (Fsp3) is 0.708. The lowest BCUT2D eigenvalue weighted by molar-refractivity contribution is -0.142. The maximum atomic E-state index is 12.4. The molecule has 3 rings (SSSR count). The normalized spacial score (nSPS) is 32.5. The average molecular weight is 449 g/mol. The van der Waals surface area contributed by atoms with E-state index < -0.39 is 16.6 Å². The zero-order valence-electron chi connectivity index (χ0n) is 20.1. The van der Waals surface area contributed by atoms with Crippen molar-refractivity contribution in [2.45, 2.75) is 83.6 Å². The smallest absolute Gasteiger partial charge is 0.334 e. The number of allylic oxidation sites excluding steroid dienone is 1. The van der Waals surface area contributed by atoms with Crippen molar-refractivity contribution in [1.82, 2.24) is 0 Å². The minimum absolute atomic E-state index is 0.0236. The molecule has 0 unspecified atom stereocenters. The molecule has 0 N–H and O–H groups in total. The van der Waals surface area contributed by atoms with Gasteiger partial charge < -0.3 is 13.6 Å². The van der Waals surface area contributed by atoms with Crippen molar-refractivity contribution in [3.05, 3.63) is 36.0 Å². The SMILES string of the molecule is C=C1CC[C@H]2C(=C)C(=O)O[C@@H]2[C@@H]2C1=C[C@@H](O[Si](C)(C)C)[C@H]2CO[Si](C)(C)C(C)(C)C. The summed E-state index contributed by atoms with van der Waals surface area (Å²) in [5.74, 6) is 0.0165. The van der Waals surface area contributed by atoms with Crippen LogP contribution in [0.2, 0.25) is 37.8 Å². The average Bonchev–Trinajstić information content (AvgIpc) is 3.02. The summed E-state index contributed by atoms with van der Waals surface area (Å²) < 4.78 is 19.3. The minimum Gasteiger partial charge on any atom is -0.458 e. The van der Waals surface area contributed by atoms with E-state index >= 15 is 0 Å². The highest BCUT2D eigenvalue weighted by molar-refractivity contribution is 6.74. The highest BCUT2D eigenvalue weighted by Gasteiger charge is 2.53. The van der Waals surface area contributed by atoms with Crippen molar-refractivity contribution >= 4 is 22.6 Å². The summed E-state index contributed by atoms with van der Waals surface area (Å²) in [6, 6.07) is 0. The molecule has 168 valence electrons. The zero-order valence-corrected chi connectivity index (χ0v) is 22.1. The number of fused-ring (bicyclic) bond motifs is 3. The first-order valence-electron chi connectivity index (χ1n) is 11.2. The van der Waals surface area contributed by atoms with Gasteiger partial charge in [-0.15, -0.1) is 0 Å². The van der Waals surface area contributed by atoms with Crippen molar-refractivity contribution in [2.24, 2.45) is 17.8 Å². The van der Waals surface area contributed by atoms with Crippen molar-refractivity contribution < 1.29 is 18.4 Å². The molecule has 0 aromatic carbocycles. The predicted molar refractivity (Wildman–Crippen MR) is 127 cm³/mol. The Bertz CT molecular complexity index is 769. The van der Waals surface area contributed by atoms with Gasteiger partial charge in [0.25, 0.3) is 0 Å². The Balaban J connectivity index is 1.96. The number of esters is 1. The molecule has 5 atom stereocenters. The Morgan fingerprint density at radius 3 is 2.37 bits per heavy atom. The van der Waals surface area contributed by atoms with Gasteiger partial charge in [0, 0.05) is 29.9 Å². The van der Waals surface area contributed by atoms with E-state index in [0.717, 1.165) is 18.4 Å². The van der Waals surface area contributed by atoms with Crippen LogP contribution in [0.3, 0.4) is 0 Å². The summed E-state index contributed by atoms with van der Waals surface area (Å²) in [5, 5.41) is 0.140. The lowest BCUT2D eigenvalue weighted by atomic mass is 9.80. The molecule has 2 fully saturated rings. The van der Waals surface area contributed by atoms with Crippen LogP contribution in [0, 0.1) is 17.8 Å². The van der Waals surface area contributed by atoms with E-state index in [1.807, 2.05) is 0 Å². The van der Waals surface area contributed by atoms with Crippen LogP contribution < -0.4 is 0 Å². The quantitative estimate of drug-likeness (QED) is 0.301. The number of rotatable bonds is 5. The van der Waals surface area contributed by atoms with Crippen molar-refractivity contribution in [3.8, 4) is 0 Å². The van der Waals surface area contributed by atoms with Crippen LogP contribution >= 0.6 is 0 Å². The summed E-state index contributed by atoms with van der Waals surface area (Å²) in [5.41, 5.74) is 2.99. The molecule has 1 saturated carbocycles. The molecule has 30 heavy (non-hydrogen) atoms. The maximum Gasteiger partial charge on any atom is 0.334 e. The maximum absolute atomic E-state index is 12.4. The van der Waals surface area contributed by atoms with E-state index in [9.17, 15) is 4.79 Å². The van der Waals surface area contributed by atoms with Gasteiger partial charge in [-0.2, -0.15) is 0 Å². The number of hydrogen-bond donors (Lipinski definition) is 0. The van der Waals surface area contributed by atoms with Crippen molar-refractivity contribution in [2.75, 3.05) is 6.61 Å². The molecule has 1 heterocycles. The molecule has 2 aliphatic carbocycles. The highest BCUT2D eigenvalue weighted by Crippen LogP contribution is 2.51. The fourth-order valence-corrected chi connectivity index (χ4v) is 6.74. The van der Waals surface area contributed by atoms with Crippen molar-refractivity contribution in [3.63, 3.8) is 0 Å². The third kappa shape index (κ3) is 4.47. The number of hydrogen-bond acceptors (Lipinski definition) is 4. The molecule has 0 aromatic rings. The Hall–Kier alpha value is -0.956. The third-order valence-electron chi connectivity index (χ3n) is 7.39. The van der Waals surface area contributed by atoms with Crippen LogP contribution in [0.15, 0.2) is 36.0 Å². The second-order valence-electron chi connectivity index (χ2n) is 11.7. The van der Waals surface area contributed by atoms with E-state index in [1.54, 1.807) is 0 Å². The van der Waals surface area contributed by atoms with Crippen molar-refractivity contribution in [1.29, 1.82) is 0 Å². The molecular weight excluding hydrogens is 408 g/mol. The minimum atomic E-state index is -1.92. The number of ether oxygens (including phenoxy) is 1. The Morgan fingerprint density at radius 1 is 1.17 bits per heavy atom. The van der Waals surface area contributed by atoms with Gasteiger partial charge in [0.05, 0.1) is 6.10 Å². The van der Waals surface area contributed by atoms with Crippen LogP contribution in [0.4, 0.5) is 0 Å². The van der Waals surface area contributed by atoms with E-state index in [0.29, 0.717) is 12.2 Å². The fourth-order valence-electron chi connectivity index (χ4n) is 4.64. The van der Waals surface area contributed by atoms with E-state index in [2.05, 4.69) is 72.7 Å². The molecule has 1 saturated heterocycles. The molecule has 0 amide bonds. The summed E-state index contributed by atoms with van der Waals surface area (Å²) >= 11 is 0. The van der Waals surface area contributed by atoms with E-state index in [1.165, 1.54) is 5.57 Å². The van der Waals surface area contributed by atoms with Crippen LogP contribution in [-0.4, -0.2) is 41.4 Å².